The van der Waals surface area contributed by atoms with Gasteiger partial charge in [-0.05, 0) is 56.0 Å². The average Bonchev–Trinajstić information content (AvgIpc) is 2.93. The van der Waals surface area contributed by atoms with Crippen LogP contribution in [0.3, 0.4) is 0 Å². The van der Waals surface area contributed by atoms with Gasteiger partial charge in [0.1, 0.15) is 5.75 Å². The van der Waals surface area contributed by atoms with Crippen LogP contribution in [0.15, 0.2) is 24.3 Å². The largest absolute Gasteiger partial charge is 0.494 e. The molecule has 1 N–H and O–H groups in total. The molecule has 21 heavy (non-hydrogen) atoms. The molecule has 2 aliphatic heterocycles. The van der Waals surface area contributed by atoms with Gasteiger partial charge < -0.3 is 10.1 Å². The maximum absolute atomic E-state index is 5.73. The summed E-state index contributed by atoms with van der Waals surface area (Å²) in [6.07, 6.45) is 3.71. The van der Waals surface area contributed by atoms with E-state index >= 15 is 0 Å². The maximum Gasteiger partial charge on any atom is 0.119 e. The number of benzene rings is 1. The van der Waals surface area contributed by atoms with Gasteiger partial charge >= 0.3 is 0 Å². The fraction of sp³-hybridized carbons (Fsp3) is 0.647. The zero-order valence-electron chi connectivity index (χ0n) is 12.9. The van der Waals surface area contributed by atoms with Crippen LogP contribution in [0.5, 0.6) is 5.75 Å². The van der Waals surface area contributed by atoms with Crippen LogP contribution in [-0.4, -0.2) is 37.2 Å². The summed E-state index contributed by atoms with van der Waals surface area (Å²) in [5.41, 5.74) is 1.38. The van der Waals surface area contributed by atoms with E-state index in [1.165, 1.54) is 38.0 Å². The zero-order valence-corrected chi connectivity index (χ0v) is 13.7. The highest BCUT2D eigenvalue weighted by atomic mass is 35.5. The molecule has 2 fully saturated rings. The normalized spacial score (nSPS) is 25.2. The first-order chi connectivity index (χ1) is 9.85. The molecule has 0 radical (unpaired) electrons. The number of rotatable bonds is 5. The highest BCUT2D eigenvalue weighted by Gasteiger charge is 2.32. The molecule has 2 unspecified atom stereocenters. The summed E-state index contributed by atoms with van der Waals surface area (Å²) in [5.74, 6) is 1.88. The third-order valence-electron chi connectivity index (χ3n) is 4.52. The van der Waals surface area contributed by atoms with Crippen LogP contribution in [0.25, 0.3) is 0 Å². The van der Waals surface area contributed by atoms with Gasteiger partial charge in [0.05, 0.1) is 6.61 Å². The number of hydrogen-bond donors (Lipinski definition) is 1. The van der Waals surface area contributed by atoms with Crippen molar-refractivity contribution in [3.63, 3.8) is 0 Å². The van der Waals surface area contributed by atoms with E-state index in [2.05, 4.69) is 41.4 Å². The minimum atomic E-state index is 0. The molecule has 1 aromatic rings. The fourth-order valence-corrected chi connectivity index (χ4v) is 3.48. The van der Waals surface area contributed by atoms with Crippen LogP contribution in [-0.2, 0) is 6.54 Å². The Balaban J connectivity index is 0.00000161. The van der Waals surface area contributed by atoms with Crippen molar-refractivity contribution in [3.8, 4) is 5.75 Å². The second-order valence-corrected chi connectivity index (χ2v) is 6.13. The Kier molecular flexibility index (Phi) is 6.34. The van der Waals surface area contributed by atoms with E-state index in [0.717, 1.165) is 37.3 Å². The van der Waals surface area contributed by atoms with E-state index < -0.39 is 0 Å². The summed E-state index contributed by atoms with van der Waals surface area (Å²) in [4.78, 5) is 2.60. The number of fused-ring (bicyclic) bond motifs is 1. The molecule has 4 heteroatoms. The van der Waals surface area contributed by atoms with Gasteiger partial charge in [-0.15, -0.1) is 12.4 Å². The van der Waals surface area contributed by atoms with E-state index in [1.54, 1.807) is 0 Å². The van der Waals surface area contributed by atoms with Gasteiger partial charge in [-0.2, -0.15) is 0 Å². The van der Waals surface area contributed by atoms with Gasteiger partial charge in [0, 0.05) is 19.1 Å². The lowest BCUT2D eigenvalue weighted by Crippen LogP contribution is -2.43. The number of halogens is 1. The number of likely N-dealkylation sites (tertiary alicyclic amines) is 1. The number of nitrogens with zero attached hydrogens (tertiary/aromatic N) is 1. The summed E-state index contributed by atoms with van der Waals surface area (Å²) >= 11 is 0. The quantitative estimate of drug-likeness (QED) is 0.904. The van der Waals surface area contributed by atoms with Crippen molar-refractivity contribution in [3.05, 3.63) is 29.8 Å². The first-order valence-electron chi connectivity index (χ1n) is 8.02. The van der Waals surface area contributed by atoms with Crippen molar-refractivity contribution in [2.24, 2.45) is 5.92 Å². The lowest BCUT2D eigenvalue weighted by atomic mass is 9.93. The second-order valence-electron chi connectivity index (χ2n) is 6.13. The average molecular weight is 311 g/mol. The highest BCUT2D eigenvalue weighted by molar-refractivity contribution is 5.85. The summed E-state index contributed by atoms with van der Waals surface area (Å²) in [6, 6.07) is 9.38. The van der Waals surface area contributed by atoms with Gasteiger partial charge in [-0.1, -0.05) is 19.1 Å². The predicted octanol–water partition coefficient (Wildman–Crippen LogP) is 3.08. The van der Waals surface area contributed by atoms with Gasteiger partial charge in [-0.3, -0.25) is 4.90 Å². The lowest BCUT2D eigenvalue weighted by molar-refractivity contribution is 0.156. The Morgan fingerprint density at radius 2 is 2.24 bits per heavy atom. The van der Waals surface area contributed by atoms with Crippen molar-refractivity contribution >= 4 is 12.4 Å². The second kappa shape index (κ2) is 8.02. The topological polar surface area (TPSA) is 24.5 Å². The molecule has 2 aliphatic rings. The van der Waals surface area contributed by atoms with Gasteiger partial charge in [-0.25, -0.2) is 0 Å². The standard InChI is InChI=1S/C17H26N2O.ClH/c1-2-10-20-16-5-3-4-14(11-16)12-19-9-7-17-15(13-19)6-8-18-17;/h3-5,11,15,17-18H,2,6-10,12-13H2,1H3;1H. The van der Waals surface area contributed by atoms with Crippen LogP contribution in [0, 0.1) is 5.92 Å². The summed E-state index contributed by atoms with van der Waals surface area (Å²) in [5, 5.41) is 3.63. The Morgan fingerprint density at radius 1 is 1.33 bits per heavy atom. The summed E-state index contributed by atoms with van der Waals surface area (Å²) in [6.45, 7) is 7.69. The summed E-state index contributed by atoms with van der Waals surface area (Å²) < 4.78 is 5.73. The van der Waals surface area contributed by atoms with E-state index in [-0.39, 0.29) is 12.4 Å². The van der Waals surface area contributed by atoms with E-state index in [9.17, 15) is 0 Å². The minimum absolute atomic E-state index is 0. The first kappa shape index (κ1) is 16.6. The molecule has 2 heterocycles. The number of ether oxygens (including phenoxy) is 1. The molecule has 0 aliphatic carbocycles. The van der Waals surface area contributed by atoms with Crippen LogP contribution >= 0.6 is 12.4 Å². The van der Waals surface area contributed by atoms with Crippen LogP contribution in [0.1, 0.15) is 31.7 Å². The third-order valence-corrected chi connectivity index (χ3v) is 4.52. The van der Waals surface area contributed by atoms with Crippen molar-refractivity contribution in [1.29, 1.82) is 0 Å². The minimum Gasteiger partial charge on any atom is -0.494 e. The van der Waals surface area contributed by atoms with Gasteiger partial charge in [0.2, 0.25) is 0 Å². The zero-order chi connectivity index (χ0) is 13.8. The van der Waals surface area contributed by atoms with E-state index in [4.69, 9.17) is 4.74 Å². The molecule has 118 valence electrons. The maximum atomic E-state index is 5.73. The van der Waals surface area contributed by atoms with Gasteiger partial charge in [0.25, 0.3) is 0 Å². The number of hydrogen-bond acceptors (Lipinski definition) is 3. The Labute approximate surface area is 134 Å². The van der Waals surface area contributed by atoms with Crippen LogP contribution < -0.4 is 10.1 Å². The Hall–Kier alpha value is -0.770. The van der Waals surface area contributed by atoms with Crippen LogP contribution in [0.4, 0.5) is 0 Å². The molecule has 0 bridgehead atoms. The van der Waals surface area contributed by atoms with Crippen molar-refractivity contribution < 1.29 is 4.74 Å². The predicted molar refractivity (Wildman–Crippen MR) is 89.3 cm³/mol. The van der Waals surface area contributed by atoms with Crippen molar-refractivity contribution in [1.82, 2.24) is 10.2 Å². The molecule has 0 amide bonds. The lowest BCUT2D eigenvalue weighted by Gasteiger charge is -2.34. The summed E-state index contributed by atoms with van der Waals surface area (Å²) in [7, 11) is 0. The monoisotopic (exact) mass is 310 g/mol. The molecule has 1 aromatic carbocycles. The van der Waals surface area contributed by atoms with Crippen LogP contribution in [0.2, 0.25) is 0 Å². The first-order valence-corrected chi connectivity index (χ1v) is 8.02. The van der Waals surface area contributed by atoms with Gasteiger partial charge in [0.15, 0.2) is 0 Å². The number of nitrogens with one attached hydrogen (secondary N) is 1. The highest BCUT2D eigenvalue weighted by Crippen LogP contribution is 2.26. The molecule has 0 saturated carbocycles. The van der Waals surface area contributed by atoms with Crippen molar-refractivity contribution in [2.45, 2.75) is 38.8 Å². The molecule has 0 aromatic heterocycles. The third kappa shape index (κ3) is 4.35. The molecule has 2 saturated heterocycles. The molecular formula is C17H27ClN2O. The Bertz CT molecular complexity index is 441. The van der Waals surface area contributed by atoms with E-state index in [0.29, 0.717) is 0 Å². The fourth-order valence-electron chi connectivity index (χ4n) is 3.48. The number of piperidine rings is 1. The Morgan fingerprint density at radius 3 is 3.10 bits per heavy atom. The molecule has 0 spiro atoms. The molecule has 2 atom stereocenters. The van der Waals surface area contributed by atoms with Crippen molar-refractivity contribution in [2.75, 3.05) is 26.2 Å². The SMILES string of the molecule is CCCOc1cccc(CN2CCC3NCCC3C2)c1.Cl. The molecular weight excluding hydrogens is 284 g/mol. The molecule has 3 nitrogen and oxygen atoms in total. The molecule has 3 rings (SSSR count). The smallest absolute Gasteiger partial charge is 0.119 e. The van der Waals surface area contributed by atoms with E-state index in [1.807, 2.05) is 0 Å².